The van der Waals surface area contributed by atoms with E-state index in [1.165, 1.54) is 18.3 Å². The van der Waals surface area contributed by atoms with Crippen LogP contribution in [-0.2, 0) is 6.18 Å². The highest BCUT2D eigenvalue weighted by Crippen LogP contribution is 2.30. The van der Waals surface area contributed by atoms with E-state index in [2.05, 4.69) is 15.3 Å². The van der Waals surface area contributed by atoms with Gasteiger partial charge in [0.05, 0.1) is 16.7 Å². The van der Waals surface area contributed by atoms with Gasteiger partial charge in [0.15, 0.2) is 0 Å². The zero-order valence-electron chi connectivity index (χ0n) is 11.5. The molecular formula is C14H11ClF3N3O2. The fourth-order valence-electron chi connectivity index (χ4n) is 1.79. The summed E-state index contributed by atoms with van der Waals surface area (Å²) in [5, 5.41) is 12.3. The lowest BCUT2D eigenvalue weighted by Crippen LogP contribution is -2.29. The molecule has 9 heteroatoms. The van der Waals surface area contributed by atoms with Crippen LogP contribution >= 0.6 is 11.6 Å². The van der Waals surface area contributed by atoms with Crippen LogP contribution in [0.2, 0.25) is 5.02 Å². The maximum Gasteiger partial charge on any atom is 0.416 e. The molecule has 0 aliphatic heterocycles. The third-order valence-electron chi connectivity index (χ3n) is 2.94. The highest BCUT2D eigenvalue weighted by molar-refractivity contribution is 6.33. The molecule has 1 atom stereocenters. The summed E-state index contributed by atoms with van der Waals surface area (Å²) < 4.78 is 37.9. The smallest absolute Gasteiger partial charge is 0.387 e. The number of halogens is 4. The molecule has 0 bridgehead atoms. The van der Waals surface area contributed by atoms with Crippen LogP contribution in [0.5, 0.6) is 0 Å². The zero-order valence-corrected chi connectivity index (χ0v) is 12.3. The van der Waals surface area contributed by atoms with Crippen LogP contribution in [0.25, 0.3) is 0 Å². The molecule has 2 rings (SSSR count). The summed E-state index contributed by atoms with van der Waals surface area (Å²) in [6.45, 7) is -0.291. The fourth-order valence-corrected chi connectivity index (χ4v) is 1.98. The number of carbonyl (C=O) groups is 1. The molecule has 2 aromatic rings. The summed E-state index contributed by atoms with van der Waals surface area (Å²) in [5.41, 5.74) is -0.925. The first kappa shape index (κ1) is 17.2. The van der Waals surface area contributed by atoms with Gasteiger partial charge in [0.1, 0.15) is 12.0 Å². The van der Waals surface area contributed by atoms with Gasteiger partial charge in [-0.3, -0.25) is 4.79 Å². The number of nitrogens with one attached hydrogen (secondary N) is 1. The molecule has 0 saturated carbocycles. The van der Waals surface area contributed by atoms with Crippen molar-refractivity contribution in [3.8, 4) is 0 Å². The van der Waals surface area contributed by atoms with Gasteiger partial charge in [-0.15, -0.1) is 0 Å². The van der Waals surface area contributed by atoms with Gasteiger partial charge in [-0.05, 0) is 17.7 Å². The summed E-state index contributed by atoms with van der Waals surface area (Å²) in [5.74, 6) is -0.663. The molecule has 1 amide bonds. The van der Waals surface area contributed by atoms with Gasteiger partial charge in [0.2, 0.25) is 0 Å². The highest BCUT2D eigenvalue weighted by Gasteiger charge is 2.30. The number of nitrogens with zero attached hydrogens (tertiary/aromatic N) is 2. The zero-order chi connectivity index (χ0) is 17.0. The Hall–Kier alpha value is -2.19. The van der Waals surface area contributed by atoms with E-state index in [1.54, 1.807) is 0 Å². The first-order chi connectivity index (χ1) is 10.8. The Morgan fingerprint density at radius 2 is 2.13 bits per heavy atom. The summed E-state index contributed by atoms with van der Waals surface area (Å²) in [4.78, 5) is 19.2. The van der Waals surface area contributed by atoms with Crippen molar-refractivity contribution in [2.75, 3.05) is 6.54 Å². The van der Waals surface area contributed by atoms with Crippen molar-refractivity contribution < 1.29 is 23.1 Å². The van der Waals surface area contributed by atoms with Crippen LogP contribution in [-0.4, -0.2) is 27.5 Å². The van der Waals surface area contributed by atoms with E-state index in [0.29, 0.717) is 0 Å². The van der Waals surface area contributed by atoms with Gasteiger partial charge < -0.3 is 10.4 Å². The van der Waals surface area contributed by atoms with Gasteiger partial charge in [-0.25, -0.2) is 9.97 Å². The quantitative estimate of drug-likeness (QED) is 0.893. The molecule has 0 aliphatic carbocycles. The first-order valence-electron chi connectivity index (χ1n) is 6.38. The Labute approximate surface area is 134 Å². The van der Waals surface area contributed by atoms with Crippen molar-refractivity contribution in [3.63, 3.8) is 0 Å². The number of amides is 1. The van der Waals surface area contributed by atoms with Crippen molar-refractivity contribution in [3.05, 3.63) is 58.6 Å². The van der Waals surface area contributed by atoms with Crippen LogP contribution in [0.1, 0.15) is 27.7 Å². The van der Waals surface area contributed by atoms with E-state index in [4.69, 9.17) is 11.6 Å². The van der Waals surface area contributed by atoms with Gasteiger partial charge in [0.25, 0.3) is 5.91 Å². The molecule has 0 saturated heterocycles. The predicted molar refractivity (Wildman–Crippen MR) is 75.8 cm³/mol. The third kappa shape index (κ3) is 4.40. The molecule has 2 N–H and O–H groups in total. The van der Waals surface area contributed by atoms with Crippen molar-refractivity contribution in [2.45, 2.75) is 12.3 Å². The number of aliphatic hydroxyl groups is 1. The first-order valence-corrected chi connectivity index (χ1v) is 6.75. The Kier molecular flexibility index (Phi) is 5.17. The summed E-state index contributed by atoms with van der Waals surface area (Å²) in [6, 6.07) is 4.25. The standard InChI is InChI=1S/C14H11ClF3N3O2/c15-10-5-19-7-21-12(10)13(23)20-6-11(22)8-2-1-3-9(4-8)14(16,17)18/h1-5,7,11,22H,6H2,(H,20,23). The summed E-state index contributed by atoms with van der Waals surface area (Å²) in [6.07, 6.45) is -3.45. The lowest BCUT2D eigenvalue weighted by molar-refractivity contribution is -0.137. The van der Waals surface area contributed by atoms with Crippen LogP contribution in [0.3, 0.4) is 0 Å². The Morgan fingerprint density at radius 3 is 2.78 bits per heavy atom. The minimum absolute atomic E-state index is 0.0264. The molecule has 0 fully saturated rings. The molecule has 1 heterocycles. The minimum Gasteiger partial charge on any atom is -0.387 e. The molecule has 1 unspecified atom stereocenters. The number of benzene rings is 1. The van der Waals surface area contributed by atoms with Crippen LogP contribution in [0, 0.1) is 0 Å². The predicted octanol–water partition coefficient (Wildman–Crippen LogP) is 2.61. The van der Waals surface area contributed by atoms with E-state index in [-0.39, 0.29) is 22.8 Å². The van der Waals surface area contributed by atoms with E-state index < -0.39 is 23.8 Å². The fraction of sp³-hybridized carbons (Fsp3) is 0.214. The largest absolute Gasteiger partial charge is 0.416 e. The molecule has 1 aromatic heterocycles. The number of alkyl halides is 3. The van der Waals surface area contributed by atoms with E-state index in [9.17, 15) is 23.1 Å². The Balaban J connectivity index is 2.04. The van der Waals surface area contributed by atoms with Crippen molar-refractivity contribution in [1.82, 2.24) is 15.3 Å². The number of hydrogen-bond donors (Lipinski definition) is 2. The van der Waals surface area contributed by atoms with Gasteiger partial charge in [-0.1, -0.05) is 23.7 Å². The van der Waals surface area contributed by atoms with E-state index >= 15 is 0 Å². The van der Waals surface area contributed by atoms with Gasteiger partial charge in [0, 0.05) is 12.7 Å². The third-order valence-corrected chi connectivity index (χ3v) is 3.21. The second-order valence-corrected chi connectivity index (χ2v) is 4.98. The van der Waals surface area contributed by atoms with Crippen LogP contribution in [0.15, 0.2) is 36.8 Å². The highest BCUT2D eigenvalue weighted by atomic mass is 35.5. The molecule has 122 valence electrons. The Bertz CT molecular complexity index is 710. The average molecular weight is 346 g/mol. The number of aromatic nitrogens is 2. The number of rotatable bonds is 4. The monoisotopic (exact) mass is 345 g/mol. The van der Waals surface area contributed by atoms with Gasteiger partial charge in [-0.2, -0.15) is 13.2 Å². The van der Waals surface area contributed by atoms with E-state index in [1.807, 2.05) is 0 Å². The molecule has 0 aliphatic rings. The SMILES string of the molecule is O=C(NCC(O)c1cccc(C(F)(F)F)c1)c1ncncc1Cl. The summed E-state index contributed by atoms with van der Waals surface area (Å²) in [7, 11) is 0. The molecule has 1 aromatic carbocycles. The lowest BCUT2D eigenvalue weighted by Gasteiger charge is -2.14. The van der Waals surface area contributed by atoms with Gasteiger partial charge >= 0.3 is 6.18 Å². The molecular weight excluding hydrogens is 335 g/mol. The minimum atomic E-state index is -4.51. The molecule has 23 heavy (non-hydrogen) atoms. The topological polar surface area (TPSA) is 75.1 Å². The number of aliphatic hydroxyl groups excluding tert-OH is 1. The number of hydrogen-bond acceptors (Lipinski definition) is 4. The second kappa shape index (κ2) is 6.93. The maximum absolute atomic E-state index is 12.6. The van der Waals surface area contributed by atoms with Crippen LogP contribution < -0.4 is 5.32 Å². The van der Waals surface area contributed by atoms with Crippen LogP contribution in [0.4, 0.5) is 13.2 Å². The second-order valence-electron chi connectivity index (χ2n) is 4.57. The summed E-state index contributed by atoms with van der Waals surface area (Å²) >= 11 is 5.75. The number of carbonyl (C=O) groups excluding carboxylic acids is 1. The molecule has 5 nitrogen and oxygen atoms in total. The molecule has 0 radical (unpaired) electrons. The molecule has 0 spiro atoms. The average Bonchev–Trinajstić information content (AvgIpc) is 2.52. The van der Waals surface area contributed by atoms with Crippen molar-refractivity contribution >= 4 is 17.5 Å². The lowest BCUT2D eigenvalue weighted by atomic mass is 10.1. The van der Waals surface area contributed by atoms with Crippen molar-refractivity contribution in [2.24, 2.45) is 0 Å². The Morgan fingerprint density at radius 1 is 1.39 bits per heavy atom. The normalized spacial score (nSPS) is 12.7. The van der Waals surface area contributed by atoms with Crippen molar-refractivity contribution in [1.29, 1.82) is 0 Å². The van der Waals surface area contributed by atoms with E-state index in [0.717, 1.165) is 18.5 Å². The maximum atomic E-state index is 12.6.